The van der Waals surface area contributed by atoms with Crippen LogP contribution in [0.15, 0.2) is 66.7 Å². The number of ether oxygens (including phenoxy) is 2. The summed E-state index contributed by atoms with van der Waals surface area (Å²) in [5.74, 6) is 0.521. The highest BCUT2D eigenvalue weighted by Crippen LogP contribution is 2.32. The Kier molecular flexibility index (Phi) is 8.06. The minimum Gasteiger partial charge on any atom is -0.492 e. The fourth-order valence-electron chi connectivity index (χ4n) is 3.73. The number of para-hydroxylation sites is 1. The van der Waals surface area contributed by atoms with Gasteiger partial charge >= 0.3 is 12.3 Å². The molecule has 9 nitrogen and oxygen atoms in total. The fourth-order valence-corrected chi connectivity index (χ4v) is 3.73. The molecule has 37 heavy (non-hydrogen) atoms. The number of hydrogen-bond acceptors (Lipinski definition) is 7. The average Bonchev–Trinajstić information content (AvgIpc) is 2.91. The van der Waals surface area contributed by atoms with Gasteiger partial charge in [0.05, 0.1) is 17.7 Å². The van der Waals surface area contributed by atoms with Gasteiger partial charge in [-0.25, -0.2) is 4.79 Å². The Bertz CT molecular complexity index is 1200. The number of carbonyl (C=O) groups excluding carboxylic acids is 2. The summed E-state index contributed by atoms with van der Waals surface area (Å²) in [6.07, 6.45) is -5.31. The predicted molar refractivity (Wildman–Crippen MR) is 128 cm³/mol. The number of amides is 2. The fraction of sp³-hybridized carbons (Fsp3) is 0.280. The normalized spacial score (nSPS) is 13.7. The van der Waals surface area contributed by atoms with Crippen molar-refractivity contribution in [3.8, 4) is 11.6 Å². The molecule has 1 aliphatic rings. The Morgan fingerprint density at radius 1 is 0.892 bits per heavy atom. The van der Waals surface area contributed by atoms with Crippen molar-refractivity contribution in [3.05, 3.63) is 77.9 Å². The highest BCUT2D eigenvalue weighted by atomic mass is 19.4. The van der Waals surface area contributed by atoms with Gasteiger partial charge in [-0.15, -0.1) is 10.2 Å². The van der Waals surface area contributed by atoms with Gasteiger partial charge in [-0.1, -0.05) is 30.3 Å². The molecule has 2 aromatic carbocycles. The third-order valence-corrected chi connectivity index (χ3v) is 5.56. The van der Waals surface area contributed by atoms with Crippen LogP contribution in [0.2, 0.25) is 0 Å². The number of alkyl halides is 3. The number of aromatic nitrogens is 2. The van der Waals surface area contributed by atoms with E-state index in [2.05, 4.69) is 15.5 Å². The van der Waals surface area contributed by atoms with Crippen LogP contribution in [0.5, 0.6) is 11.6 Å². The second kappa shape index (κ2) is 11.6. The van der Waals surface area contributed by atoms with E-state index in [1.165, 1.54) is 29.2 Å². The molecule has 2 heterocycles. The third-order valence-electron chi connectivity index (χ3n) is 5.56. The van der Waals surface area contributed by atoms with E-state index in [-0.39, 0.29) is 37.7 Å². The lowest BCUT2D eigenvalue weighted by Crippen LogP contribution is -2.49. The molecule has 0 unspecified atom stereocenters. The highest BCUT2D eigenvalue weighted by Gasteiger charge is 2.36. The zero-order valence-electron chi connectivity index (χ0n) is 19.6. The van der Waals surface area contributed by atoms with E-state index in [0.29, 0.717) is 24.7 Å². The van der Waals surface area contributed by atoms with E-state index >= 15 is 0 Å². The highest BCUT2D eigenvalue weighted by molar-refractivity contribution is 5.96. The van der Waals surface area contributed by atoms with Crippen molar-refractivity contribution in [3.63, 3.8) is 0 Å². The quantitative estimate of drug-likeness (QED) is 0.480. The van der Waals surface area contributed by atoms with Crippen LogP contribution in [0.4, 0.5) is 23.8 Å². The number of nitrogens with one attached hydrogen (secondary N) is 1. The number of anilines is 1. The van der Waals surface area contributed by atoms with Gasteiger partial charge in [-0.2, -0.15) is 13.2 Å². The van der Waals surface area contributed by atoms with E-state index < -0.39 is 23.7 Å². The van der Waals surface area contributed by atoms with Crippen molar-refractivity contribution in [2.75, 3.05) is 44.2 Å². The van der Waals surface area contributed by atoms with Crippen LogP contribution in [0.25, 0.3) is 0 Å². The van der Waals surface area contributed by atoms with Crippen LogP contribution in [0.3, 0.4) is 0 Å². The van der Waals surface area contributed by atoms with Crippen LogP contribution in [0, 0.1) is 0 Å². The van der Waals surface area contributed by atoms with Crippen LogP contribution < -0.4 is 19.7 Å². The Balaban J connectivity index is 1.23. The summed E-state index contributed by atoms with van der Waals surface area (Å²) >= 11 is 0. The van der Waals surface area contributed by atoms with E-state index in [0.717, 1.165) is 6.07 Å². The molecule has 3 aromatic rings. The molecule has 1 aliphatic heterocycles. The van der Waals surface area contributed by atoms with Crippen molar-refractivity contribution in [2.24, 2.45) is 0 Å². The molecule has 1 saturated heterocycles. The van der Waals surface area contributed by atoms with Crippen molar-refractivity contribution >= 4 is 17.8 Å². The zero-order valence-corrected chi connectivity index (χ0v) is 19.6. The summed E-state index contributed by atoms with van der Waals surface area (Å²) in [5, 5.41) is 10.5. The van der Waals surface area contributed by atoms with E-state index in [1.54, 1.807) is 18.2 Å². The number of nitrogens with zero attached hydrogens (tertiary/aromatic N) is 4. The van der Waals surface area contributed by atoms with E-state index in [4.69, 9.17) is 9.47 Å². The molecule has 0 radical (unpaired) electrons. The SMILES string of the molecule is O=C(NCCOc1ccccc1)Oc1ccc(N2CCN(C(=O)c3ccccc3C(F)(F)F)CC2)nn1. The maximum Gasteiger partial charge on any atom is 0.417 e. The van der Waals surface area contributed by atoms with Crippen LogP contribution in [-0.2, 0) is 6.18 Å². The maximum absolute atomic E-state index is 13.3. The lowest BCUT2D eigenvalue weighted by Gasteiger charge is -2.35. The van der Waals surface area contributed by atoms with Gasteiger partial charge < -0.3 is 24.6 Å². The first-order chi connectivity index (χ1) is 17.8. The van der Waals surface area contributed by atoms with Crippen molar-refractivity contribution in [1.82, 2.24) is 20.4 Å². The molecule has 0 bridgehead atoms. The number of halogens is 3. The molecule has 0 atom stereocenters. The smallest absolute Gasteiger partial charge is 0.417 e. The molecule has 4 rings (SSSR count). The van der Waals surface area contributed by atoms with Gasteiger partial charge in [0.1, 0.15) is 12.4 Å². The molecular weight excluding hydrogens is 491 g/mol. The monoisotopic (exact) mass is 515 g/mol. The third kappa shape index (κ3) is 6.87. The minimum absolute atomic E-state index is 0.00259. The molecule has 0 spiro atoms. The van der Waals surface area contributed by atoms with Crippen molar-refractivity contribution in [1.29, 1.82) is 0 Å². The first kappa shape index (κ1) is 25.7. The number of piperazine rings is 1. The molecule has 1 N–H and O–H groups in total. The Labute approximate surface area is 210 Å². The molecule has 0 aliphatic carbocycles. The molecular formula is C25H24F3N5O4. The van der Waals surface area contributed by atoms with E-state index in [1.807, 2.05) is 23.1 Å². The molecule has 194 valence electrons. The summed E-state index contributed by atoms with van der Waals surface area (Å²) < 4.78 is 50.4. The summed E-state index contributed by atoms with van der Waals surface area (Å²) in [5.41, 5.74) is -1.31. The minimum atomic E-state index is -4.61. The van der Waals surface area contributed by atoms with Crippen molar-refractivity contribution in [2.45, 2.75) is 6.18 Å². The zero-order chi connectivity index (χ0) is 26.3. The number of rotatable bonds is 7. The summed E-state index contributed by atoms with van der Waals surface area (Å²) in [4.78, 5) is 27.9. The van der Waals surface area contributed by atoms with Gasteiger partial charge in [0.2, 0.25) is 5.88 Å². The maximum atomic E-state index is 13.3. The van der Waals surface area contributed by atoms with Gasteiger partial charge in [-0.3, -0.25) is 4.79 Å². The predicted octanol–water partition coefficient (Wildman–Crippen LogP) is 3.63. The first-order valence-corrected chi connectivity index (χ1v) is 11.5. The number of hydrogen-bond donors (Lipinski definition) is 1. The lowest BCUT2D eigenvalue weighted by molar-refractivity contribution is -0.138. The van der Waals surface area contributed by atoms with Gasteiger partial charge in [0.15, 0.2) is 5.82 Å². The van der Waals surface area contributed by atoms with Gasteiger partial charge in [-0.05, 0) is 30.3 Å². The van der Waals surface area contributed by atoms with E-state index in [9.17, 15) is 22.8 Å². The first-order valence-electron chi connectivity index (χ1n) is 11.5. The second-order valence-electron chi connectivity index (χ2n) is 8.03. The largest absolute Gasteiger partial charge is 0.492 e. The second-order valence-corrected chi connectivity index (χ2v) is 8.03. The summed E-state index contributed by atoms with van der Waals surface area (Å²) in [6.45, 7) is 1.65. The summed E-state index contributed by atoms with van der Waals surface area (Å²) in [7, 11) is 0. The lowest BCUT2D eigenvalue weighted by atomic mass is 10.1. The molecule has 2 amide bonds. The van der Waals surface area contributed by atoms with Crippen molar-refractivity contribution < 1.29 is 32.2 Å². The molecule has 1 aromatic heterocycles. The van der Waals surface area contributed by atoms with Gasteiger partial charge in [0.25, 0.3) is 5.91 Å². The van der Waals surface area contributed by atoms with Crippen LogP contribution >= 0.6 is 0 Å². The molecule has 12 heteroatoms. The average molecular weight is 515 g/mol. The topological polar surface area (TPSA) is 96.9 Å². The van der Waals surface area contributed by atoms with Crippen LogP contribution in [-0.4, -0.2) is 66.4 Å². The standard InChI is InChI=1S/C25H24F3N5O4/c26-25(27,28)20-9-5-4-8-19(20)23(34)33-15-13-32(14-16-33)21-10-11-22(31-30-21)37-24(35)29-12-17-36-18-6-2-1-3-7-18/h1-11H,12-17H2,(H,29,35). The van der Waals surface area contributed by atoms with Crippen LogP contribution in [0.1, 0.15) is 15.9 Å². The Hall–Kier alpha value is -4.35. The Morgan fingerprint density at radius 3 is 2.27 bits per heavy atom. The molecule has 0 saturated carbocycles. The van der Waals surface area contributed by atoms with Gasteiger partial charge in [0, 0.05) is 32.2 Å². The number of benzene rings is 2. The summed E-state index contributed by atoms with van der Waals surface area (Å²) in [6, 6.07) is 17.0. The molecule has 1 fully saturated rings. The number of carbonyl (C=O) groups is 2. The Morgan fingerprint density at radius 2 is 1.59 bits per heavy atom.